The van der Waals surface area contributed by atoms with Crippen LogP contribution < -0.4 is 10.1 Å². The molecule has 0 radical (unpaired) electrons. The molecule has 5 heteroatoms. The van der Waals surface area contributed by atoms with Crippen LogP contribution in [0.2, 0.25) is 0 Å². The van der Waals surface area contributed by atoms with Gasteiger partial charge in [0.15, 0.2) is 0 Å². The lowest BCUT2D eigenvalue weighted by molar-refractivity contribution is 0.0953. The molecule has 0 spiro atoms. The van der Waals surface area contributed by atoms with Gasteiger partial charge >= 0.3 is 0 Å². The third-order valence-electron chi connectivity index (χ3n) is 3.99. The summed E-state index contributed by atoms with van der Waals surface area (Å²) in [5, 5.41) is 2.89. The minimum Gasteiger partial charge on any atom is -0.470 e. The summed E-state index contributed by atoms with van der Waals surface area (Å²) in [7, 11) is 0. The molecule has 1 aromatic carbocycles. The maximum absolute atomic E-state index is 12.2. The van der Waals surface area contributed by atoms with E-state index in [1.54, 1.807) is 24.5 Å². The van der Waals surface area contributed by atoms with E-state index in [-0.39, 0.29) is 12.0 Å². The summed E-state index contributed by atoms with van der Waals surface area (Å²) in [6, 6.07) is 17.2. The molecule has 0 unspecified atom stereocenters. The zero-order valence-corrected chi connectivity index (χ0v) is 14.6. The SMILES string of the molecule is C[C@@H](Oc1ccc(C(=O)NCCc2cccnc2)cn1)c1ccccc1. The van der Waals surface area contributed by atoms with Gasteiger partial charge in [-0.25, -0.2) is 4.98 Å². The van der Waals surface area contributed by atoms with Crippen molar-refractivity contribution in [2.24, 2.45) is 0 Å². The molecule has 1 N–H and O–H groups in total. The Kier molecular flexibility index (Phi) is 5.93. The van der Waals surface area contributed by atoms with Gasteiger partial charge in [0.1, 0.15) is 6.10 Å². The van der Waals surface area contributed by atoms with Crippen LogP contribution >= 0.6 is 0 Å². The van der Waals surface area contributed by atoms with Crippen molar-refractivity contribution >= 4 is 5.91 Å². The Morgan fingerprint density at radius 3 is 2.62 bits per heavy atom. The molecule has 1 amide bonds. The highest BCUT2D eigenvalue weighted by Crippen LogP contribution is 2.19. The van der Waals surface area contributed by atoms with Gasteiger partial charge in [0.2, 0.25) is 5.88 Å². The zero-order valence-electron chi connectivity index (χ0n) is 14.6. The van der Waals surface area contributed by atoms with E-state index in [0.29, 0.717) is 18.0 Å². The number of carbonyl (C=O) groups excluding carboxylic acids is 1. The molecule has 3 rings (SSSR count). The van der Waals surface area contributed by atoms with Gasteiger partial charge in [0.05, 0.1) is 5.56 Å². The molecule has 1 atom stereocenters. The molecule has 0 aliphatic heterocycles. The zero-order chi connectivity index (χ0) is 18.2. The number of benzene rings is 1. The molecule has 5 nitrogen and oxygen atoms in total. The molecule has 0 bridgehead atoms. The molecule has 2 heterocycles. The smallest absolute Gasteiger partial charge is 0.252 e. The molecule has 0 fully saturated rings. The Morgan fingerprint density at radius 1 is 1.08 bits per heavy atom. The van der Waals surface area contributed by atoms with Crippen molar-refractivity contribution in [1.82, 2.24) is 15.3 Å². The maximum Gasteiger partial charge on any atom is 0.252 e. The summed E-state index contributed by atoms with van der Waals surface area (Å²) >= 11 is 0. The van der Waals surface area contributed by atoms with Gasteiger partial charge in [0, 0.05) is 31.2 Å². The van der Waals surface area contributed by atoms with Crippen LogP contribution in [0.5, 0.6) is 5.88 Å². The van der Waals surface area contributed by atoms with Gasteiger partial charge in [-0.05, 0) is 36.6 Å². The van der Waals surface area contributed by atoms with Crippen molar-refractivity contribution < 1.29 is 9.53 Å². The first-order valence-electron chi connectivity index (χ1n) is 8.57. The van der Waals surface area contributed by atoms with E-state index in [1.807, 2.05) is 49.4 Å². The summed E-state index contributed by atoms with van der Waals surface area (Å²) in [5.74, 6) is 0.345. The van der Waals surface area contributed by atoms with Gasteiger partial charge in [-0.3, -0.25) is 9.78 Å². The second-order valence-corrected chi connectivity index (χ2v) is 5.92. The lowest BCUT2D eigenvalue weighted by Gasteiger charge is -2.14. The van der Waals surface area contributed by atoms with E-state index >= 15 is 0 Å². The average molecular weight is 347 g/mol. The lowest BCUT2D eigenvalue weighted by Crippen LogP contribution is -2.25. The van der Waals surface area contributed by atoms with Crippen molar-refractivity contribution in [3.05, 3.63) is 89.9 Å². The van der Waals surface area contributed by atoms with E-state index in [2.05, 4.69) is 15.3 Å². The first kappa shape index (κ1) is 17.6. The van der Waals surface area contributed by atoms with Crippen LogP contribution in [0.3, 0.4) is 0 Å². The number of nitrogens with zero attached hydrogens (tertiary/aromatic N) is 2. The second kappa shape index (κ2) is 8.76. The number of carbonyl (C=O) groups is 1. The Hall–Kier alpha value is -3.21. The molecular weight excluding hydrogens is 326 g/mol. The number of ether oxygens (including phenoxy) is 1. The van der Waals surface area contributed by atoms with Crippen LogP contribution in [-0.2, 0) is 6.42 Å². The Morgan fingerprint density at radius 2 is 1.92 bits per heavy atom. The normalized spacial score (nSPS) is 11.6. The van der Waals surface area contributed by atoms with Gasteiger partial charge < -0.3 is 10.1 Å². The fourth-order valence-corrected chi connectivity index (χ4v) is 2.53. The van der Waals surface area contributed by atoms with Crippen molar-refractivity contribution in [1.29, 1.82) is 0 Å². The van der Waals surface area contributed by atoms with Gasteiger partial charge in [-0.2, -0.15) is 0 Å². The number of hydrogen-bond acceptors (Lipinski definition) is 4. The monoisotopic (exact) mass is 347 g/mol. The van der Waals surface area contributed by atoms with Crippen molar-refractivity contribution in [3.8, 4) is 5.88 Å². The van der Waals surface area contributed by atoms with Gasteiger partial charge in [-0.15, -0.1) is 0 Å². The number of aromatic nitrogens is 2. The summed E-state index contributed by atoms with van der Waals surface area (Å²) < 4.78 is 5.82. The highest BCUT2D eigenvalue weighted by molar-refractivity contribution is 5.93. The van der Waals surface area contributed by atoms with Crippen molar-refractivity contribution in [2.45, 2.75) is 19.4 Å². The molecule has 0 aliphatic rings. The first-order chi connectivity index (χ1) is 12.7. The number of nitrogens with one attached hydrogen (secondary N) is 1. The fraction of sp³-hybridized carbons (Fsp3) is 0.190. The van der Waals surface area contributed by atoms with E-state index < -0.39 is 0 Å². The van der Waals surface area contributed by atoms with Crippen LogP contribution in [0.1, 0.15) is 34.5 Å². The molecule has 2 aromatic heterocycles. The van der Waals surface area contributed by atoms with Crippen LogP contribution in [0, 0.1) is 0 Å². The van der Waals surface area contributed by atoms with E-state index in [4.69, 9.17) is 4.74 Å². The highest BCUT2D eigenvalue weighted by atomic mass is 16.5. The van der Waals surface area contributed by atoms with Crippen LogP contribution in [-0.4, -0.2) is 22.4 Å². The van der Waals surface area contributed by atoms with Crippen molar-refractivity contribution in [2.75, 3.05) is 6.54 Å². The second-order valence-electron chi connectivity index (χ2n) is 5.92. The van der Waals surface area contributed by atoms with Crippen molar-refractivity contribution in [3.63, 3.8) is 0 Å². The molecule has 0 aliphatic carbocycles. The maximum atomic E-state index is 12.2. The number of amides is 1. The number of rotatable bonds is 7. The summed E-state index contributed by atoms with van der Waals surface area (Å²) in [6.07, 6.45) is 5.70. The Labute approximate surface area is 153 Å². The quantitative estimate of drug-likeness (QED) is 0.709. The fourth-order valence-electron chi connectivity index (χ4n) is 2.53. The molecule has 0 saturated carbocycles. The third-order valence-corrected chi connectivity index (χ3v) is 3.99. The van der Waals surface area contributed by atoms with E-state index in [1.165, 1.54) is 6.20 Å². The van der Waals surface area contributed by atoms with Crippen LogP contribution in [0.25, 0.3) is 0 Å². The predicted octanol–water partition coefficient (Wildman–Crippen LogP) is 3.59. The first-order valence-corrected chi connectivity index (χ1v) is 8.57. The highest BCUT2D eigenvalue weighted by Gasteiger charge is 2.09. The summed E-state index contributed by atoms with van der Waals surface area (Å²) in [6.45, 7) is 2.52. The molecule has 132 valence electrons. The van der Waals surface area contributed by atoms with Crippen LogP contribution in [0.15, 0.2) is 73.2 Å². The minimum atomic E-state index is -0.149. The van der Waals surface area contributed by atoms with Gasteiger partial charge in [0.25, 0.3) is 5.91 Å². The molecule has 0 saturated heterocycles. The largest absolute Gasteiger partial charge is 0.470 e. The molecule has 26 heavy (non-hydrogen) atoms. The standard InChI is InChI=1S/C21H21N3O2/c1-16(18-7-3-2-4-8-18)26-20-10-9-19(15-24-20)21(25)23-13-11-17-6-5-12-22-14-17/h2-10,12,14-16H,11,13H2,1H3,(H,23,25)/t16-/m1/s1. The minimum absolute atomic E-state index is 0.108. The molecular formula is C21H21N3O2. The number of hydrogen-bond donors (Lipinski definition) is 1. The summed E-state index contributed by atoms with van der Waals surface area (Å²) in [4.78, 5) is 20.5. The van der Waals surface area contributed by atoms with E-state index in [0.717, 1.165) is 17.5 Å². The average Bonchev–Trinajstić information content (AvgIpc) is 2.70. The Balaban J connectivity index is 1.51. The van der Waals surface area contributed by atoms with Crippen LogP contribution in [0.4, 0.5) is 0 Å². The summed E-state index contributed by atoms with van der Waals surface area (Å²) in [5.41, 5.74) is 2.67. The van der Waals surface area contributed by atoms with E-state index in [9.17, 15) is 4.79 Å². The molecule has 3 aromatic rings. The third kappa shape index (κ3) is 4.89. The lowest BCUT2D eigenvalue weighted by atomic mass is 10.1. The Bertz CT molecular complexity index is 821. The predicted molar refractivity (Wildman–Crippen MR) is 100.0 cm³/mol. The number of pyridine rings is 2. The van der Waals surface area contributed by atoms with Gasteiger partial charge in [-0.1, -0.05) is 36.4 Å². The topological polar surface area (TPSA) is 64.1 Å².